The molecule has 0 atom stereocenters. The number of hydrogen-bond acceptors (Lipinski definition) is 8. The SMILES string of the molecule is C1CNCCNCCCNCCNC1.O.O.O.O.O.O=C([O-])c1cc([O-])cc(C(=O)O)c1.[Ni+2]. The van der Waals surface area contributed by atoms with Crippen LogP contribution in [0.1, 0.15) is 33.6 Å². The number of aromatic carboxylic acids is 2. The third-order valence-corrected chi connectivity index (χ3v) is 3.76. The molecule has 200 valence electrons. The first-order valence-corrected chi connectivity index (χ1v) is 9.10. The standard InChI is InChI=1S/C10H24N4.C8H6O5.Ni.5H2O/c1-3-11-7-9-13-5-2-6-14-10-8-12-4-1;9-6-2-4(7(10)11)1-5(3-6)8(12)13;;;;;;/h11-14H,1-10H2;1-3,9H,(H,10,11)(H,12,13);;5*1H2/q;;+2;;;;;/p-2. The zero-order chi connectivity index (χ0) is 19.9. The molecule has 15 heteroatoms. The van der Waals surface area contributed by atoms with Crippen LogP contribution < -0.4 is 31.5 Å². The van der Waals surface area contributed by atoms with Gasteiger partial charge in [0.1, 0.15) is 0 Å². The van der Waals surface area contributed by atoms with Crippen LogP contribution in [0.25, 0.3) is 0 Å². The van der Waals surface area contributed by atoms with E-state index in [0.717, 1.165) is 70.6 Å². The molecule has 1 saturated heterocycles. The number of carbonyl (C=O) groups excluding carboxylic acids is 1. The molecule has 0 bridgehead atoms. The summed E-state index contributed by atoms with van der Waals surface area (Å²) in [6, 6.07) is 2.52. The van der Waals surface area contributed by atoms with Crippen molar-refractivity contribution in [2.75, 3.05) is 52.4 Å². The molecule has 0 saturated carbocycles. The maximum atomic E-state index is 10.8. The Morgan fingerprint density at radius 2 is 1.00 bits per heavy atom. The minimum absolute atomic E-state index is 0. The molecule has 14 nitrogen and oxygen atoms in total. The van der Waals surface area contributed by atoms with Gasteiger partial charge in [0.2, 0.25) is 0 Å². The number of carboxylic acids is 2. The fourth-order valence-corrected chi connectivity index (χ4v) is 2.37. The van der Waals surface area contributed by atoms with Gasteiger partial charge in [-0.15, -0.1) is 5.75 Å². The fourth-order valence-electron chi connectivity index (χ4n) is 2.37. The average molecular weight is 529 g/mol. The molecule has 0 spiro atoms. The van der Waals surface area contributed by atoms with Gasteiger partial charge in [-0.25, -0.2) is 4.79 Å². The van der Waals surface area contributed by atoms with E-state index in [-0.39, 0.29) is 49.4 Å². The minimum atomic E-state index is -1.57. The quantitative estimate of drug-likeness (QED) is 0.227. The molecule has 15 N–H and O–H groups in total. The Morgan fingerprint density at radius 3 is 1.30 bits per heavy atom. The van der Waals surface area contributed by atoms with Crippen LogP contribution in [0, 0.1) is 0 Å². The van der Waals surface area contributed by atoms with Gasteiger partial charge in [-0.1, -0.05) is 12.1 Å². The van der Waals surface area contributed by atoms with E-state index in [0.29, 0.717) is 0 Å². The molecule has 0 aliphatic carbocycles. The summed E-state index contributed by atoms with van der Waals surface area (Å²) in [6.45, 7) is 8.87. The average Bonchev–Trinajstić information content (AvgIpc) is 2.63. The molecule has 1 aromatic rings. The second kappa shape index (κ2) is 28.1. The monoisotopic (exact) mass is 528 g/mol. The third kappa shape index (κ3) is 23.1. The molecular weight excluding hydrogens is 491 g/mol. The van der Waals surface area contributed by atoms with Crippen molar-refractivity contribution in [1.29, 1.82) is 0 Å². The van der Waals surface area contributed by atoms with Crippen LogP contribution in [-0.4, -0.2) is 96.8 Å². The number of carbonyl (C=O) groups is 2. The van der Waals surface area contributed by atoms with E-state index in [4.69, 9.17) is 5.11 Å². The molecule has 1 aromatic carbocycles. The van der Waals surface area contributed by atoms with Gasteiger partial charge in [0, 0.05) is 26.2 Å². The van der Waals surface area contributed by atoms with Gasteiger partial charge in [-0.05, 0) is 50.7 Å². The molecule has 0 radical (unpaired) electrons. The van der Waals surface area contributed by atoms with Crippen molar-refractivity contribution in [3.8, 4) is 5.75 Å². The first-order chi connectivity index (χ1) is 13.0. The molecule has 1 heterocycles. The molecule has 1 aliphatic rings. The Balaban J connectivity index is -0.0000000936. The van der Waals surface area contributed by atoms with Crippen molar-refractivity contribution in [3.63, 3.8) is 0 Å². The number of carboxylic acid groups (broad SMARTS) is 2. The summed E-state index contributed by atoms with van der Waals surface area (Å²) in [5.41, 5.74) is -0.781. The normalized spacial score (nSPS) is 13.9. The van der Waals surface area contributed by atoms with Crippen LogP contribution in [0.3, 0.4) is 0 Å². The number of benzene rings is 1. The molecule has 1 aliphatic heterocycles. The van der Waals surface area contributed by atoms with E-state index < -0.39 is 23.3 Å². The van der Waals surface area contributed by atoms with Crippen LogP contribution in [0.4, 0.5) is 0 Å². The molecule has 2 rings (SSSR count). The zero-order valence-corrected chi connectivity index (χ0v) is 19.2. The van der Waals surface area contributed by atoms with Crippen LogP contribution in [0.15, 0.2) is 18.2 Å². The summed E-state index contributed by atoms with van der Waals surface area (Å²) < 4.78 is 0. The van der Waals surface area contributed by atoms with Crippen molar-refractivity contribution in [3.05, 3.63) is 29.3 Å². The Hall–Kier alpha value is -1.91. The fraction of sp³-hybridized carbons (Fsp3) is 0.556. The number of nitrogens with one attached hydrogen (secondary N) is 4. The maximum Gasteiger partial charge on any atom is 2.00 e. The summed E-state index contributed by atoms with van der Waals surface area (Å²) in [5.74, 6) is -3.58. The van der Waals surface area contributed by atoms with Crippen molar-refractivity contribution in [2.45, 2.75) is 12.8 Å². The van der Waals surface area contributed by atoms with E-state index in [2.05, 4.69) is 21.3 Å². The van der Waals surface area contributed by atoms with Crippen molar-refractivity contribution < 1.29 is 68.8 Å². The van der Waals surface area contributed by atoms with E-state index in [9.17, 15) is 19.8 Å². The summed E-state index contributed by atoms with van der Waals surface area (Å²) in [6.07, 6.45) is 2.44. The summed E-state index contributed by atoms with van der Waals surface area (Å²) in [4.78, 5) is 20.7. The first-order valence-electron chi connectivity index (χ1n) is 9.10. The van der Waals surface area contributed by atoms with Gasteiger partial charge in [0.15, 0.2) is 0 Å². The Kier molecular flexibility index (Phi) is 38.1. The predicted molar refractivity (Wildman–Crippen MR) is 116 cm³/mol. The second-order valence-electron chi connectivity index (χ2n) is 6.05. The van der Waals surface area contributed by atoms with Gasteiger partial charge in [0.05, 0.1) is 11.5 Å². The Bertz CT molecular complexity index is 514. The summed E-state index contributed by atoms with van der Waals surface area (Å²) in [5, 5.41) is 43.2. The molecule has 0 amide bonds. The van der Waals surface area contributed by atoms with Crippen LogP contribution in [0.2, 0.25) is 0 Å². The maximum absolute atomic E-state index is 10.8. The Labute approximate surface area is 202 Å². The van der Waals surface area contributed by atoms with E-state index >= 15 is 0 Å². The number of rotatable bonds is 2. The largest absolute Gasteiger partial charge is 2.00 e. The van der Waals surface area contributed by atoms with E-state index in [1.165, 1.54) is 12.8 Å². The van der Waals surface area contributed by atoms with Gasteiger partial charge in [0.25, 0.3) is 0 Å². The summed E-state index contributed by atoms with van der Waals surface area (Å²) in [7, 11) is 0. The van der Waals surface area contributed by atoms with Crippen LogP contribution in [0.5, 0.6) is 5.75 Å². The second-order valence-corrected chi connectivity index (χ2v) is 6.05. The van der Waals surface area contributed by atoms with Crippen LogP contribution in [-0.2, 0) is 16.5 Å². The third-order valence-electron chi connectivity index (χ3n) is 3.76. The Morgan fingerprint density at radius 1 is 0.667 bits per heavy atom. The van der Waals surface area contributed by atoms with Gasteiger partial charge in [-0.2, -0.15) is 0 Å². The summed E-state index contributed by atoms with van der Waals surface area (Å²) >= 11 is 0. The molecular formula is C18H38N4NiO10. The van der Waals surface area contributed by atoms with E-state index in [1.54, 1.807) is 0 Å². The van der Waals surface area contributed by atoms with Crippen molar-refractivity contribution >= 4 is 11.9 Å². The van der Waals surface area contributed by atoms with Crippen molar-refractivity contribution in [2.24, 2.45) is 0 Å². The smallest absolute Gasteiger partial charge is 0.872 e. The predicted octanol–water partition coefficient (Wildman–Crippen LogP) is -6.17. The van der Waals surface area contributed by atoms with Crippen molar-refractivity contribution in [1.82, 2.24) is 21.3 Å². The molecule has 0 unspecified atom stereocenters. The molecule has 1 fully saturated rings. The molecule has 0 aromatic heterocycles. The molecule has 33 heavy (non-hydrogen) atoms. The minimum Gasteiger partial charge on any atom is -0.872 e. The number of hydrogen-bond donors (Lipinski definition) is 5. The van der Waals surface area contributed by atoms with Gasteiger partial charge < -0.3 is 68.8 Å². The first kappa shape index (κ1) is 44.7. The topological polar surface area (TPSA) is 306 Å². The van der Waals surface area contributed by atoms with Crippen LogP contribution >= 0.6 is 0 Å². The van der Waals surface area contributed by atoms with Gasteiger partial charge in [-0.3, -0.25) is 0 Å². The van der Waals surface area contributed by atoms with Gasteiger partial charge >= 0.3 is 22.5 Å². The van der Waals surface area contributed by atoms with E-state index in [1.807, 2.05) is 0 Å². The zero-order valence-electron chi connectivity index (χ0n) is 18.2.